The Kier molecular flexibility index (Phi) is 6.78. The Morgan fingerprint density at radius 1 is 0.923 bits per heavy atom. The molecule has 1 amide bonds. The van der Waals surface area contributed by atoms with Crippen molar-refractivity contribution in [3.05, 3.63) is 94.9 Å². The molecule has 4 aromatic heterocycles. The van der Waals surface area contributed by atoms with Crippen LogP contribution in [0, 0.1) is 11.6 Å². The number of halogens is 2. The number of benzene rings is 1. The molecule has 39 heavy (non-hydrogen) atoms. The Hall–Kier alpha value is -5.46. The smallest absolute Gasteiger partial charge is 0.287 e. The second-order valence-electron chi connectivity index (χ2n) is 7.86. The third-order valence-corrected chi connectivity index (χ3v) is 5.44. The summed E-state index contributed by atoms with van der Waals surface area (Å²) in [5, 5.41) is 2.43. The number of rotatable bonds is 7. The minimum atomic E-state index is -0.880. The summed E-state index contributed by atoms with van der Waals surface area (Å²) >= 11 is 0. The van der Waals surface area contributed by atoms with Crippen molar-refractivity contribution in [2.75, 3.05) is 19.5 Å². The van der Waals surface area contributed by atoms with Crippen LogP contribution in [0.15, 0.2) is 72.0 Å². The van der Waals surface area contributed by atoms with E-state index < -0.39 is 28.8 Å². The maximum absolute atomic E-state index is 15.0. The first kappa shape index (κ1) is 25.2. The highest BCUT2D eigenvalue weighted by molar-refractivity contribution is 6.02. The van der Waals surface area contributed by atoms with Gasteiger partial charge in [-0.05, 0) is 24.3 Å². The van der Waals surface area contributed by atoms with Crippen molar-refractivity contribution >= 4 is 22.6 Å². The molecular weight excluding hydrogens is 514 g/mol. The molecule has 1 aromatic carbocycles. The van der Waals surface area contributed by atoms with Crippen molar-refractivity contribution in [1.82, 2.24) is 24.5 Å². The average Bonchev–Trinajstić information content (AvgIpc) is 2.94. The number of pyridine rings is 3. The van der Waals surface area contributed by atoms with Crippen LogP contribution < -0.4 is 25.1 Å². The van der Waals surface area contributed by atoms with E-state index in [1.165, 1.54) is 57.1 Å². The minimum absolute atomic E-state index is 0.0467. The van der Waals surface area contributed by atoms with Crippen LogP contribution in [0.4, 0.5) is 14.5 Å². The van der Waals surface area contributed by atoms with Crippen molar-refractivity contribution in [3.63, 3.8) is 0 Å². The van der Waals surface area contributed by atoms with Crippen LogP contribution in [0.2, 0.25) is 0 Å². The monoisotopic (exact) mass is 532 g/mol. The highest BCUT2D eigenvalue weighted by Crippen LogP contribution is 2.35. The molecule has 0 saturated heterocycles. The number of hydrogen-bond donors (Lipinski definition) is 1. The lowest BCUT2D eigenvalue weighted by Gasteiger charge is -2.12. The van der Waals surface area contributed by atoms with Gasteiger partial charge in [0.25, 0.3) is 17.3 Å². The van der Waals surface area contributed by atoms with Crippen LogP contribution >= 0.6 is 0 Å². The molecule has 4 heterocycles. The Balaban J connectivity index is 1.38. The predicted octanol–water partition coefficient (Wildman–Crippen LogP) is 3.91. The van der Waals surface area contributed by atoms with E-state index in [-0.39, 0.29) is 28.9 Å². The van der Waals surface area contributed by atoms with Gasteiger partial charge in [-0.3, -0.25) is 19.1 Å². The molecule has 5 rings (SSSR count). The number of amides is 1. The second kappa shape index (κ2) is 10.5. The lowest BCUT2D eigenvalue weighted by Crippen LogP contribution is -2.30. The maximum atomic E-state index is 15.0. The zero-order valence-corrected chi connectivity index (χ0v) is 20.4. The van der Waals surface area contributed by atoms with Gasteiger partial charge in [0.05, 0.1) is 25.9 Å². The highest BCUT2D eigenvalue weighted by atomic mass is 19.1. The molecule has 0 aliphatic heterocycles. The van der Waals surface area contributed by atoms with E-state index in [0.29, 0.717) is 16.8 Å². The van der Waals surface area contributed by atoms with Gasteiger partial charge in [0.15, 0.2) is 28.8 Å². The van der Waals surface area contributed by atoms with Gasteiger partial charge in [0, 0.05) is 42.5 Å². The summed E-state index contributed by atoms with van der Waals surface area (Å²) in [4.78, 5) is 41.8. The van der Waals surface area contributed by atoms with E-state index in [2.05, 4.69) is 25.3 Å². The molecule has 0 saturated carbocycles. The Bertz CT molecular complexity index is 1760. The summed E-state index contributed by atoms with van der Waals surface area (Å²) in [6, 6.07) is 9.24. The molecule has 0 aliphatic carbocycles. The summed E-state index contributed by atoms with van der Waals surface area (Å²) in [5.74, 6) is -1.54. The summed E-state index contributed by atoms with van der Waals surface area (Å²) in [6.45, 7) is 0. The van der Waals surface area contributed by atoms with Gasteiger partial charge >= 0.3 is 0 Å². The van der Waals surface area contributed by atoms with Crippen LogP contribution in [0.25, 0.3) is 16.9 Å². The first-order valence-corrected chi connectivity index (χ1v) is 11.2. The number of nitrogens with one attached hydrogen (secondary N) is 1. The average molecular weight is 532 g/mol. The molecule has 196 valence electrons. The zero-order valence-electron chi connectivity index (χ0n) is 20.4. The number of fused-ring (bicyclic) bond motifs is 1. The lowest BCUT2D eigenvalue weighted by molar-refractivity contribution is 0.102. The SMILES string of the molecule is COc1cc2nccc(Oc3ccc(NC(=O)c4nccn(-c5ccc(F)cn5)c4=O)cc3F)c2nc1OC. The molecule has 0 spiro atoms. The first-order chi connectivity index (χ1) is 18.9. The Morgan fingerprint density at radius 2 is 1.77 bits per heavy atom. The molecule has 13 heteroatoms. The van der Waals surface area contributed by atoms with Crippen molar-refractivity contribution in [3.8, 4) is 28.9 Å². The van der Waals surface area contributed by atoms with E-state index in [9.17, 15) is 18.4 Å². The van der Waals surface area contributed by atoms with Gasteiger partial charge in [-0.1, -0.05) is 0 Å². The van der Waals surface area contributed by atoms with Gasteiger partial charge in [-0.25, -0.2) is 23.7 Å². The standard InChI is InChI=1S/C26H18F2N6O5/c1-37-20-12-17-22(33-25(20)38-2)19(7-8-29-17)39-18-5-4-15(11-16(18)28)32-24(35)23-26(36)34(10-9-30-23)21-6-3-14(27)13-31-21/h3-13H,1-2H3,(H,32,35). The molecule has 0 atom stereocenters. The van der Waals surface area contributed by atoms with Crippen molar-refractivity contribution in [1.29, 1.82) is 0 Å². The van der Waals surface area contributed by atoms with Crippen LogP contribution in [0.5, 0.6) is 23.1 Å². The first-order valence-electron chi connectivity index (χ1n) is 11.2. The molecule has 0 aliphatic rings. The molecular formula is C26H18F2N6O5. The van der Waals surface area contributed by atoms with Crippen molar-refractivity contribution in [2.45, 2.75) is 0 Å². The van der Waals surface area contributed by atoms with Crippen molar-refractivity contribution < 1.29 is 27.8 Å². The van der Waals surface area contributed by atoms with E-state index in [1.807, 2.05) is 0 Å². The molecule has 0 radical (unpaired) electrons. The van der Waals surface area contributed by atoms with Crippen molar-refractivity contribution in [2.24, 2.45) is 0 Å². The van der Waals surface area contributed by atoms with Gasteiger partial charge in [-0.15, -0.1) is 0 Å². The van der Waals surface area contributed by atoms with Crippen LogP contribution in [-0.4, -0.2) is 44.6 Å². The number of hydrogen-bond acceptors (Lipinski definition) is 9. The molecule has 1 N–H and O–H groups in total. The number of carbonyl (C=O) groups excluding carboxylic acids is 1. The highest BCUT2D eigenvalue weighted by Gasteiger charge is 2.18. The molecule has 0 fully saturated rings. The van der Waals surface area contributed by atoms with E-state index in [4.69, 9.17) is 14.2 Å². The zero-order chi connectivity index (χ0) is 27.5. The van der Waals surface area contributed by atoms with E-state index >= 15 is 0 Å². The quantitative estimate of drug-likeness (QED) is 0.332. The number of ether oxygens (including phenoxy) is 3. The fourth-order valence-electron chi connectivity index (χ4n) is 3.62. The van der Waals surface area contributed by atoms with E-state index in [0.717, 1.165) is 22.9 Å². The molecule has 0 unspecified atom stereocenters. The fourth-order valence-corrected chi connectivity index (χ4v) is 3.62. The molecule has 11 nitrogen and oxygen atoms in total. The molecule has 5 aromatic rings. The third kappa shape index (κ3) is 5.05. The second-order valence-corrected chi connectivity index (χ2v) is 7.86. The summed E-state index contributed by atoms with van der Waals surface area (Å²) < 4.78 is 45.4. The van der Waals surface area contributed by atoms with Gasteiger partial charge in [0.1, 0.15) is 17.2 Å². The van der Waals surface area contributed by atoms with E-state index in [1.54, 1.807) is 6.07 Å². The molecule has 0 bridgehead atoms. The number of anilines is 1. The normalized spacial score (nSPS) is 10.8. The fraction of sp³-hybridized carbons (Fsp3) is 0.0769. The van der Waals surface area contributed by atoms with Gasteiger partial charge < -0.3 is 19.5 Å². The summed E-state index contributed by atoms with van der Waals surface area (Å²) in [6.07, 6.45) is 4.91. The Morgan fingerprint density at radius 3 is 2.49 bits per heavy atom. The summed E-state index contributed by atoms with van der Waals surface area (Å²) in [7, 11) is 2.90. The number of aromatic nitrogens is 5. The van der Waals surface area contributed by atoms with Crippen LogP contribution in [0.3, 0.4) is 0 Å². The minimum Gasteiger partial charge on any atom is -0.491 e. The van der Waals surface area contributed by atoms with Gasteiger partial charge in [-0.2, -0.15) is 0 Å². The largest absolute Gasteiger partial charge is 0.491 e. The number of carbonyl (C=O) groups is 1. The lowest BCUT2D eigenvalue weighted by atomic mass is 10.2. The van der Waals surface area contributed by atoms with Crippen LogP contribution in [0.1, 0.15) is 10.5 Å². The third-order valence-electron chi connectivity index (χ3n) is 5.44. The Labute approximate surface area is 218 Å². The maximum Gasteiger partial charge on any atom is 0.287 e. The number of methoxy groups -OCH3 is 2. The topological polar surface area (TPSA) is 130 Å². The van der Waals surface area contributed by atoms with Crippen LogP contribution in [-0.2, 0) is 0 Å². The number of nitrogens with zero attached hydrogens (tertiary/aromatic N) is 5. The predicted molar refractivity (Wildman–Crippen MR) is 135 cm³/mol. The van der Waals surface area contributed by atoms with Gasteiger partial charge in [0.2, 0.25) is 0 Å². The summed E-state index contributed by atoms with van der Waals surface area (Å²) in [5.41, 5.74) is -0.465.